The number of ether oxygens (including phenoxy) is 1. The van der Waals surface area contributed by atoms with E-state index in [9.17, 15) is 0 Å². The van der Waals surface area contributed by atoms with Crippen LogP contribution in [0.15, 0.2) is 78.2 Å². The first-order valence-corrected chi connectivity index (χ1v) is 10.2. The van der Waals surface area contributed by atoms with Gasteiger partial charge in [-0.1, -0.05) is 30.3 Å². The van der Waals surface area contributed by atoms with Crippen LogP contribution in [-0.4, -0.2) is 7.11 Å². The summed E-state index contributed by atoms with van der Waals surface area (Å²) in [6.45, 7) is 0. The van der Waals surface area contributed by atoms with Crippen LogP contribution in [0.3, 0.4) is 0 Å². The van der Waals surface area contributed by atoms with E-state index >= 15 is 0 Å². The van der Waals surface area contributed by atoms with Gasteiger partial charge in [-0.2, -0.15) is 0 Å². The minimum atomic E-state index is 0.888. The van der Waals surface area contributed by atoms with Crippen molar-refractivity contribution in [2.75, 3.05) is 7.11 Å². The molecule has 0 atom stereocenters. The fraction of sp³-hybridized carbons (Fsp3) is 0.0435. The Morgan fingerprint density at radius 3 is 2.04 bits per heavy atom. The van der Waals surface area contributed by atoms with Crippen molar-refractivity contribution in [1.82, 2.24) is 0 Å². The first-order chi connectivity index (χ1) is 12.8. The van der Waals surface area contributed by atoms with Crippen molar-refractivity contribution in [3.05, 3.63) is 78.2 Å². The lowest BCUT2D eigenvalue weighted by Gasteiger charge is -2.04. The Balaban J connectivity index is 1.83. The quantitative estimate of drug-likeness (QED) is 0.319. The largest absolute Gasteiger partial charge is 0.497 e. The van der Waals surface area contributed by atoms with Gasteiger partial charge in [-0.15, -0.1) is 22.7 Å². The first-order valence-electron chi connectivity index (χ1n) is 8.47. The maximum Gasteiger partial charge on any atom is 0.118 e. The molecule has 0 aliphatic rings. The molecule has 0 radical (unpaired) electrons. The van der Waals surface area contributed by atoms with E-state index in [0.717, 1.165) is 5.75 Å². The monoisotopic (exact) mass is 372 g/mol. The summed E-state index contributed by atoms with van der Waals surface area (Å²) in [6.07, 6.45) is 0. The molecule has 0 spiro atoms. The zero-order valence-corrected chi connectivity index (χ0v) is 15.9. The fourth-order valence-corrected chi connectivity index (χ4v) is 5.51. The second-order valence-electron chi connectivity index (χ2n) is 6.21. The standard InChI is InChI=1S/C23H16OS2/c1-24-18-10-8-15(9-11-18)22-19-13-16-5-2-3-6-17(16)14-20(19)23(26-22)21-7-4-12-25-21/h2-14H,1H3. The average molecular weight is 373 g/mol. The van der Waals surface area contributed by atoms with E-state index in [1.165, 1.54) is 41.7 Å². The van der Waals surface area contributed by atoms with Crippen molar-refractivity contribution in [3.63, 3.8) is 0 Å². The Bertz CT molecular complexity index is 1200. The molecule has 0 amide bonds. The summed E-state index contributed by atoms with van der Waals surface area (Å²) in [5.74, 6) is 0.888. The molecule has 0 fully saturated rings. The van der Waals surface area contributed by atoms with Gasteiger partial charge < -0.3 is 4.74 Å². The highest BCUT2D eigenvalue weighted by molar-refractivity contribution is 7.25. The van der Waals surface area contributed by atoms with Crippen LogP contribution in [0.1, 0.15) is 0 Å². The SMILES string of the molecule is COc1ccc(-c2sc(-c3cccs3)c3cc4ccccc4cc23)cc1. The zero-order valence-electron chi connectivity index (χ0n) is 14.2. The zero-order chi connectivity index (χ0) is 17.5. The van der Waals surface area contributed by atoms with E-state index in [0.29, 0.717) is 0 Å². The van der Waals surface area contributed by atoms with Crippen molar-refractivity contribution >= 4 is 44.2 Å². The summed E-state index contributed by atoms with van der Waals surface area (Å²) in [5, 5.41) is 7.38. The van der Waals surface area contributed by atoms with Gasteiger partial charge in [0.15, 0.2) is 0 Å². The van der Waals surface area contributed by atoms with Crippen LogP contribution in [0.5, 0.6) is 5.75 Å². The molecule has 0 saturated carbocycles. The number of hydrogen-bond donors (Lipinski definition) is 0. The molecule has 0 aliphatic heterocycles. The molecule has 0 N–H and O–H groups in total. The van der Waals surface area contributed by atoms with Gasteiger partial charge >= 0.3 is 0 Å². The number of methoxy groups -OCH3 is 1. The van der Waals surface area contributed by atoms with Gasteiger partial charge in [0.05, 0.1) is 12.0 Å². The molecule has 3 heteroatoms. The summed E-state index contributed by atoms with van der Waals surface area (Å²) in [6, 6.07) is 26.0. The minimum Gasteiger partial charge on any atom is -0.497 e. The maximum absolute atomic E-state index is 5.32. The predicted molar refractivity (Wildman–Crippen MR) is 115 cm³/mol. The van der Waals surface area contributed by atoms with E-state index in [4.69, 9.17) is 4.74 Å². The molecule has 0 aliphatic carbocycles. The van der Waals surface area contributed by atoms with Gasteiger partial charge in [0.25, 0.3) is 0 Å². The second kappa shape index (κ2) is 6.27. The molecule has 0 saturated heterocycles. The van der Waals surface area contributed by atoms with Gasteiger partial charge in [0.1, 0.15) is 5.75 Å². The Morgan fingerprint density at radius 1 is 0.731 bits per heavy atom. The van der Waals surface area contributed by atoms with Crippen molar-refractivity contribution in [3.8, 4) is 25.9 Å². The van der Waals surface area contributed by atoms with Gasteiger partial charge in [-0.05, 0) is 64.2 Å². The first kappa shape index (κ1) is 15.6. The summed E-state index contributed by atoms with van der Waals surface area (Å²) in [5.41, 5.74) is 1.24. The van der Waals surface area contributed by atoms with E-state index in [1.54, 1.807) is 18.4 Å². The molecule has 2 aromatic heterocycles. The highest BCUT2D eigenvalue weighted by Gasteiger charge is 2.16. The van der Waals surface area contributed by atoms with E-state index in [-0.39, 0.29) is 0 Å². The summed E-state index contributed by atoms with van der Waals surface area (Å²) in [7, 11) is 1.70. The highest BCUT2D eigenvalue weighted by Crippen LogP contribution is 2.46. The number of hydrogen-bond acceptors (Lipinski definition) is 3. The lowest BCUT2D eigenvalue weighted by molar-refractivity contribution is 0.415. The molecule has 3 aromatic carbocycles. The van der Waals surface area contributed by atoms with Crippen LogP contribution < -0.4 is 4.74 Å². The van der Waals surface area contributed by atoms with Crippen molar-refractivity contribution in [1.29, 1.82) is 0 Å². The van der Waals surface area contributed by atoms with Gasteiger partial charge in [-0.3, -0.25) is 0 Å². The van der Waals surface area contributed by atoms with Crippen molar-refractivity contribution in [2.24, 2.45) is 0 Å². The van der Waals surface area contributed by atoms with Crippen LogP contribution in [0.25, 0.3) is 41.7 Å². The minimum absolute atomic E-state index is 0.888. The predicted octanol–water partition coefficient (Wildman–Crippen LogP) is 7.46. The number of thiophene rings is 2. The van der Waals surface area contributed by atoms with E-state index in [1.807, 2.05) is 23.5 Å². The van der Waals surface area contributed by atoms with Crippen LogP contribution >= 0.6 is 22.7 Å². The summed E-state index contributed by atoms with van der Waals surface area (Å²) >= 11 is 3.68. The Kier molecular flexibility index (Phi) is 3.77. The number of fused-ring (bicyclic) bond motifs is 2. The molecule has 2 heterocycles. The summed E-state index contributed by atoms with van der Waals surface area (Å²) < 4.78 is 5.32. The second-order valence-corrected chi connectivity index (χ2v) is 8.18. The van der Waals surface area contributed by atoms with Crippen LogP contribution in [-0.2, 0) is 0 Å². The Morgan fingerprint density at radius 2 is 1.42 bits per heavy atom. The molecule has 1 nitrogen and oxygen atoms in total. The molecular formula is C23H16OS2. The topological polar surface area (TPSA) is 9.23 Å². The molecule has 0 bridgehead atoms. The molecule has 126 valence electrons. The number of benzene rings is 3. The third kappa shape index (κ3) is 2.52. The fourth-order valence-electron chi connectivity index (χ4n) is 3.38. The summed E-state index contributed by atoms with van der Waals surface area (Å²) in [4.78, 5) is 4.00. The molecule has 0 unspecified atom stereocenters. The molecule has 26 heavy (non-hydrogen) atoms. The third-order valence-corrected chi connectivity index (χ3v) is 7.00. The van der Waals surface area contributed by atoms with Crippen LogP contribution in [0, 0.1) is 0 Å². The molecular weight excluding hydrogens is 356 g/mol. The maximum atomic E-state index is 5.32. The van der Waals surface area contributed by atoms with Crippen LogP contribution in [0.4, 0.5) is 0 Å². The Hall–Kier alpha value is -2.62. The number of rotatable bonds is 3. The van der Waals surface area contributed by atoms with Gasteiger partial charge in [0.2, 0.25) is 0 Å². The average Bonchev–Trinajstić information content (AvgIpc) is 3.34. The highest BCUT2D eigenvalue weighted by atomic mass is 32.1. The third-order valence-electron chi connectivity index (χ3n) is 4.68. The lowest BCUT2D eigenvalue weighted by Crippen LogP contribution is -1.81. The normalized spacial score (nSPS) is 11.3. The van der Waals surface area contributed by atoms with Gasteiger partial charge in [-0.25, -0.2) is 0 Å². The van der Waals surface area contributed by atoms with Gasteiger partial charge in [0, 0.05) is 20.5 Å². The van der Waals surface area contributed by atoms with Crippen LogP contribution in [0.2, 0.25) is 0 Å². The van der Waals surface area contributed by atoms with Crippen molar-refractivity contribution in [2.45, 2.75) is 0 Å². The van der Waals surface area contributed by atoms with E-state index < -0.39 is 0 Å². The Labute approximate surface area is 160 Å². The molecule has 5 aromatic rings. The van der Waals surface area contributed by atoms with E-state index in [2.05, 4.69) is 66.0 Å². The smallest absolute Gasteiger partial charge is 0.118 e. The molecule has 5 rings (SSSR count). The lowest BCUT2D eigenvalue weighted by atomic mass is 10.0. The van der Waals surface area contributed by atoms with Crippen molar-refractivity contribution < 1.29 is 4.74 Å².